The number of aromatic nitrogens is 5. The summed E-state index contributed by atoms with van der Waals surface area (Å²) in [6.45, 7) is 1.90. The van der Waals surface area contributed by atoms with Gasteiger partial charge >= 0.3 is 11.9 Å². The molecule has 2 rings (SSSR count). The zero-order valence-corrected chi connectivity index (χ0v) is 12.5. The molecule has 0 fully saturated rings. The van der Waals surface area contributed by atoms with Crippen LogP contribution in [0.15, 0.2) is 18.2 Å². The fourth-order valence-electron chi connectivity index (χ4n) is 2.50. The Morgan fingerprint density at radius 3 is 2.65 bits per heavy atom. The Labute approximate surface area is 131 Å². The van der Waals surface area contributed by atoms with E-state index in [0.717, 1.165) is 0 Å². The second-order valence-corrected chi connectivity index (χ2v) is 5.15. The maximum atomic E-state index is 11.6. The molecule has 9 nitrogen and oxygen atoms in total. The Kier molecular flexibility index (Phi) is 5.34. The number of nitrogens with one attached hydrogen (secondary N) is 1. The molecule has 0 aliphatic carbocycles. The molecule has 2 aromatic rings. The van der Waals surface area contributed by atoms with Crippen molar-refractivity contribution in [1.82, 2.24) is 25.6 Å². The number of carboxylic acids is 2. The Hall–Kier alpha value is -2.84. The van der Waals surface area contributed by atoms with Gasteiger partial charge in [-0.05, 0) is 29.0 Å². The molecule has 0 aliphatic rings. The van der Waals surface area contributed by atoms with Crippen LogP contribution in [0.2, 0.25) is 0 Å². The Balaban J connectivity index is 2.33. The zero-order valence-electron chi connectivity index (χ0n) is 12.5. The first kappa shape index (κ1) is 16.5. The van der Waals surface area contributed by atoms with Gasteiger partial charge in [-0.15, -0.1) is 5.10 Å². The van der Waals surface area contributed by atoms with Crippen LogP contribution in [0, 0.1) is 5.92 Å². The standard InChI is InChI=1S/C14H17N5O4/c1-2-4-9(13(20)21)10(12-16-18-19-17-12)7-8-5-3-6-11(15-8)14(22)23/h3,5-6,9-10H,2,4,7H2,1H3,(H,20,21)(H,22,23)(H,16,17,18,19)/t9-,10-/m0/s1. The Morgan fingerprint density at radius 2 is 2.09 bits per heavy atom. The fraction of sp³-hybridized carbons (Fsp3) is 0.429. The lowest BCUT2D eigenvalue weighted by molar-refractivity contribution is -0.143. The molecule has 2 aromatic heterocycles. The second kappa shape index (κ2) is 7.43. The first-order valence-corrected chi connectivity index (χ1v) is 7.18. The van der Waals surface area contributed by atoms with E-state index in [2.05, 4.69) is 25.6 Å². The summed E-state index contributed by atoms with van der Waals surface area (Å²) in [7, 11) is 0. The molecule has 0 saturated carbocycles. The molecule has 23 heavy (non-hydrogen) atoms. The molecule has 122 valence electrons. The molecule has 3 N–H and O–H groups in total. The number of hydrogen-bond donors (Lipinski definition) is 3. The molecule has 0 unspecified atom stereocenters. The number of aromatic carboxylic acids is 1. The summed E-state index contributed by atoms with van der Waals surface area (Å²) in [5.74, 6) is -2.92. The van der Waals surface area contributed by atoms with Gasteiger partial charge in [-0.3, -0.25) is 4.79 Å². The first-order valence-electron chi connectivity index (χ1n) is 7.18. The monoisotopic (exact) mass is 319 g/mol. The van der Waals surface area contributed by atoms with Crippen molar-refractivity contribution in [2.75, 3.05) is 0 Å². The van der Waals surface area contributed by atoms with Crippen LogP contribution in [0.5, 0.6) is 0 Å². The van der Waals surface area contributed by atoms with Gasteiger partial charge in [-0.1, -0.05) is 19.4 Å². The highest BCUT2D eigenvalue weighted by Crippen LogP contribution is 2.29. The molecule has 0 spiro atoms. The van der Waals surface area contributed by atoms with Crippen molar-refractivity contribution < 1.29 is 19.8 Å². The number of rotatable bonds is 8. The lowest BCUT2D eigenvalue weighted by Crippen LogP contribution is -2.25. The molecule has 0 saturated heterocycles. The van der Waals surface area contributed by atoms with Crippen LogP contribution in [0.4, 0.5) is 0 Å². The van der Waals surface area contributed by atoms with Gasteiger partial charge in [0.1, 0.15) is 5.69 Å². The summed E-state index contributed by atoms with van der Waals surface area (Å²) in [5.41, 5.74) is 0.396. The van der Waals surface area contributed by atoms with Crippen LogP contribution < -0.4 is 0 Å². The number of hydrogen-bond acceptors (Lipinski definition) is 6. The Bertz CT molecular complexity index is 674. The van der Waals surface area contributed by atoms with Crippen LogP contribution in [0.1, 0.15) is 47.7 Å². The van der Waals surface area contributed by atoms with Crippen molar-refractivity contribution >= 4 is 11.9 Å². The van der Waals surface area contributed by atoms with Crippen molar-refractivity contribution in [3.8, 4) is 0 Å². The molecular formula is C14H17N5O4. The number of aromatic amines is 1. The molecule has 0 bridgehead atoms. The molecule has 0 aromatic carbocycles. The smallest absolute Gasteiger partial charge is 0.354 e. The van der Waals surface area contributed by atoms with E-state index in [-0.39, 0.29) is 12.1 Å². The second-order valence-electron chi connectivity index (χ2n) is 5.15. The van der Waals surface area contributed by atoms with Crippen LogP contribution in [0.3, 0.4) is 0 Å². The molecule has 0 radical (unpaired) electrons. The summed E-state index contributed by atoms with van der Waals surface area (Å²) in [6, 6.07) is 4.63. The molecule has 0 aliphatic heterocycles. The number of carbonyl (C=O) groups is 2. The van der Waals surface area contributed by atoms with Crippen molar-refractivity contribution in [2.24, 2.45) is 5.92 Å². The third-order valence-electron chi connectivity index (χ3n) is 3.57. The highest BCUT2D eigenvalue weighted by atomic mass is 16.4. The van der Waals surface area contributed by atoms with Crippen molar-refractivity contribution in [1.29, 1.82) is 0 Å². The number of tetrazole rings is 1. The SMILES string of the molecule is CCC[C@H](C(=O)O)[C@H](Cc1cccc(C(=O)O)n1)c1nnn[nH]1. The van der Waals surface area contributed by atoms with Gasteiger partial charge in [-0.2, -0.15) is 0 Å². The van der Waals surface area contributed by atoms with Gasteiger partial charge in [0.15, 0.2) is 5.82 Å². The molecular weight excluding hydrogens is 302 g/mol. The van der Waals surface area contributed by atoms with Gasteiger partial charge < -0.3 is 10.2 Å². The van der Waals surface area contributed by atoms with Crippen molar-refractivity contribution in [2.45, 2.75) is 32.1 Å². The predicted octanol–water partition coefficient (Wildman–Crippen LogP) is 1.12. The highest BCUT2D eigenvalue weighted by molar-refractivity contribution is 5.85. The average molecular weight is 319 g/mol. The minimum Gasteiger partial charge on any atom is -0.481 e. The van der Waals surface area contributed by atoms with E-state index >= 15 is 0 Å². The lowest BCUT2D eigenvalue weighted by Gasteiger charge is -2.21. The Morgan fingerprint density at radius 1 is 1.30 bits per heavy atom. The quantitative estimate of drug-likeness (QED) is 0.657. The van der Waals surface area contributed by atoms with Crippen molar-refractivity contribution in [3.63, 3.8) is 0 Å². The molecule has 2 heterocycles. The number of pyridine rings is 1. The van der Waals surface area contributed by atoms with Gasteiger partial charge in [0.2, 0.25) is 0 Å². The summed E-state index contributed by atoms with van der Waals surface area (Å²) in [6.07, 6.45) is 1.38. The van der Waals surface area contributed by atoms with E-state index in [0.29, 0.717) is 24.4 Å². The van der Waals surface area contributed by atoms with Crippen LogP contribution in [-0.4, -0.2) is 47.8 Å². The first-order chi connectivity index (χ1) is 11.0. The minimum atomic E-state index is -1.13. The lowest BCUT2D eigenvalue weighted by atomic mass is 9.84. The topological polar surface area (TPSA) is 142 Å². The van der Waals surface area contributed by atoms with E-state index in [1.807, 2.05) is 6.92 Å². The molecule has 0 amide bonds. The molecule has 9 heteroatoms. The van der Waals surface area contributed by atoms with E-state index < -0.39 is 23.8 Å². The van der Waals surface area contributed by atoms with Crippen molar-refractivity contribution in [3.05, 3.63) is 35.4 Å². The predicted molar refractivity (Wildman–Crippen MR) is 77.9 cm³/mol. The number of carboxylic acid groups (broad SMARTS) is 2. The average Bonchev–Trinajstić information content (AvgIpc) is 3.05. The highest BCUT2D eigenvalue weighted by Gasteiger charge is 2.32. The number of nitrogens with zero attached hydrogens (tertiary/aromatic N) is 4. The van der Waals surface area contributed by atoms with Crippen LogP contribution in [-0.2, 0) is 11.2 Å². The largest absolute Gasteiger partial charge is 0.481 e. The summed E-state index contributed by atoms with van der Waals surface area (Å²) >= 11 is 0. The van der Waals surface area contributed by atoms with E-state index in [4.69, 9.17) is 5.11 Å². The van der Waals surface area contributed by atoms with Gasteiger partial charge in [0.05, 0.1) is 5.92 Å². The third kappa shape index (κ3) is 4.09. The van der Waals surface area contributed by atoms with E-state index in [1.54, 1.807) is 12.1 Å². The maximum Gasteiger partial charge on any atom is 0.354 e. The number of aliphatic carboxylic acids is 1. The zero-order chi connectivity index (χ0) is 16.8. The number of H-pyrrole nitrogens is 1. The molecule has 2 atom stereocenters. The van der Waals surface area contributed by atoms with Crippen LogP contribution >= 0.6 is 0 Å². The van der Waals surface area contributed by atoms with Crippen LogP contribution in [0.25, 0.3) is 0 Å². The maximum absolute atomic E-state index is 11.6. The van der Waals surface area contributed by atoms with Gasteiger partial charge in [0.25, 0.3) is 0 Å². The van der Waals surface area contributed by atoms with E-state index in [1.165, 1.54) is 6.07 Å². The van der Waals surface area contributed by atoms with Gasteiger partial charge in [0, 0.05) is 18.0 Å². The van der Waals surface area contributed by atoms with Gasteiger partial charge in [-0.25, -0.2) is 14.9 Å². The minimum absolute atomic E-state index is 0.0840. The third-order valence-corrected chi connectivity index (χ3v) is 3.57. The normalized spacial score (nSPS) is 13.4. The summed E-state index contributed by atoms with van der Waals surface area (Å²) < 4.78 is 0. The summed E-state index contributed by atoms with van der Waals surface area (Å²) in [4.78, 5) is 26.7. The van der Waals surface area contributed by atoms with E-state index in [9.17, 15) is 14.7 Å². The fourth-order valence-corrected chi connectivity index (χ4v) is 2.50. The summed E-state index contributed by atoms with van der Waals surface area (Å²) in [5, 5.41) is 32.0.